The van der Waals surface area contributed by atoms with Crippen LogP contribution in [0.15, 0.2) is 47.7 Å². The SMILES string of the molecule is COCC(Nc1c(-c2nc3ccc(OC)cc3[nH]2)c(=O)[nH]c2cn(C)nc12)c1ncccn1. The number of methoxy groups -OCH3 is 2. The van der Waals surface area contributed by atoms with Crippen LogP contribution in [0.2, 0.25) is 0 Å². The third-order valence-electron chi connectivity index (χ3n) is 5.27. The van der Waals surface area contributed by atoms with E-state index < -0.39 is 6.04 Å². The zero-order valence-electron chi connectivity index (χ0n) is 18.3. The second-order valence-electron chi connectivity index (χ2n) is 7.50. The lowest BCUT2D eigenvalue weighted by Gasteiger charge is -2.19. The van der Waals surface area contributed by atoms with Gasteiger partial charge in [-0.3, -0.25) is 9.48 Å². The van der Waals surface area contributed by atoms with Crippen molar-refractivity contribution in [1.29, 1.82) is 0 Å². The smallest absolute Gasteiger partial charge is 0.261 e. The van der Waals surface area contributed by atoms with Gasteiger partial charge in [-0.25, -0.2) is 15.0 Å². The van der Waals surface area contributed by atoms with Gasteiger partial charge < -0.3 is 24.8 Å². The Kier molecular flexibility index (Phi) is 5.23. The normalized spacial score (nSPS) is 12.3. The first-order chi connectivity index (χ1) is 16.1. The molecule has 0 aliphatic carbocycles. The van der Waals surface area contributed by atoms with Gasteiger partial charge >= 0.3 is 0 Å². The van der Waals surface area contributed by atoms with Crippen LogP contribution in [0.5, 0.6) is 5.75 Å². The zero-order valence-corrected chi connectivity index (χ0v) is 18.3. The maximum Gasteiger partial charge on any atom is 0.261 e. The molecule has 0 saturated carbocycles. The Morgan fingerprint density at radius 1 is 1.15 bits per heavy atom. The van der Waals surface area contributed by atoms with E-state index in [0.717, 1.165) is 5.52 Å². The summed E-state index contributed by atoms with van der Waals surface area (Å²) in [6.45, 7) is 0.280. The van der Waals surface area contributed by atoms with E-state index in [9.17, 15) is 4.79 Å². The molecule has 0 bridgehead atoms. The Morgan fingerprint density at radius 2 is 1.97 bits per heavy atom. The molecule has 11 heteroatoms. The molecule has 3 N–H and O–H groups in total. The van der Waals surface area contributed by atoms with E-state index in [2.05, 4.69) is 35.3 Å². The maximum atomic E-state index is 13.3. The third kappa shape index (κ3) is 3.78. The zero-order chi connectivity index (χ0) is 22.9. The van der Waals surface area contributed by atoms with Gasteiger partial charge in [-0.2, -0.15) is 5.10 Å². The summed E-state index contributed by atoms with van der Waals surface area (Å²) in [6, 6.07) is 6.80. The second-order valence-corrected chi connectivity index (χ2v) is 7.50. The van der Waals surface area contributed by atoms with Crippen molar-refractivity contribution < 1.29 is 9.47 Å². The Balaban J connectivity index is 1.71. The van der Waals surface area contributed by atoms with Gasteiger partial charge in [0.05, 0.1) is 36.0 Å². The molecule has 0 aliphatic rings. The van der Waals surface area contributed by atoms with Gasteiger partial charge in [0, 0.05) is 38.8 Å². The van der Waals surface area contributed by atoms with Crippen LogP contribution in [0.25, 0.3) is 33.5 Å². The Morgan fingerprint density at radius 3 is 2.73 bits per heavy atom. The number of aryl methyl sites for hydroxylation is 1. The van der Waals surface area contributed by atoms with Crippen LogP contribution in [0, 0.1) is 0 Å². The average Bonchev–Trinajstić information content (AvgIpc) is 3.40. The summed E-state index contributed by atoms with van der Waals surface area (Å²) in [6.07, 6.45) is 5.07. The topological polar surface area (TPSA) is 136 Å². The summed E-state index contributed by atoms with van der Waals surface area (Å²) in [5, 5.41) is 7.97. The van der Waals surface area contributed by atoms with Gasteiger partial charge in [0.15, 0.2) is 5.82 Å². The fraction of sp³-hybridized carbons (Fsp3) is 0.227. The number of aromatic amines is 2. The number of nitrogens with one attached hydrogen (secondary N) is 3. The number of ether oxygens (including phenoxy) is 2. The van der Waals surface area contributed by atoms with Crippen LogP contribution >= 0.6 is 0 Å². The van der Waals surface area contributed by atoms with Crippen LogP contribution < -0.4 is 15.6 Å². The molecule has 0 saturated heterocycles. The van der Waals surface area contributed by atoms with Gasteiger partial charge in [0.1, 0.15) is 28.7 Å². The highest BCUT2D eigenvalue weighted by atomic mass is 16.5. The molecular formula is C22H22N8O3. The molecule has 0 fully saturated rings. The maximum absolute atomic E-state index is 13.3. The van der Waals surface area contributed by atoms with Gasteiger partial charge in [-0.1, -0.05) is 0 Å². The fourth-order valence-electron chi connectivity index (χ4n) is 3.79. The van der Waals surface area contributed by atoms with Crippen molar-refractivity contribution in [1.82, 2.24) is 34.7 Å². The lowest BCUT2D eigenvalue weighted by molar-refractivity contribution is 0.184. The second kappa shape index (κ2) is 8.36. The highest BCUT2D eigenvalue weighted by Crippen LogP contribution is 2.32. The molecule has 5 rings (SSSR count). The monoisotopic (exact) mass is 446 g/mol. The number of nitrogens with zero attached hydrogens (tertiary/aromatic N) is 5. The quantitative estimate of drug-likeness (QED) is 0.347. The van der Waals surface area contributed by atoms with E-state index in [0.29, 0.717) is 45.2 Å². The number of fused-ring (bicyclic) bond motifs is 2. The van der Waals surface area contributed by atoms with Crippen molar-refractivity contribution in [3.8, 4) is 17.1 Å². The highest BCUT2D eigenvalue weighted by molar-refractivity contribution is 5.96. The molecule has 168 valence electrons. The highest BCUT2D eigenvalue weighted by Gasteiger charge is 2.24. The minimum absolute atomic E-state index is 0.280. The number of anilines is 1. The molecule has 4 heterocycles. The van der Waals surface area contributed by atoms with Crippen LogP contribution in [-0.4, -0.2) is 55.5 Å². The number of pyridine rings is 1. The van der Waals surface area contributed by atoms with Gasteiger partial charge in [0.2, 0.25) is 0 Å². The molecule has 33 heavy (non-hydrogen) atoms. The number of imidazole rings is 1. The minimum atomic E-state index is -0.425. The summed E-state index contributed by atoms with van der Waals surface area (Å²) in [5.41, 5.74) is 3.16. The van der Waals surface area contributed by atoms with Crippen LogP contribution in [0.4, 0.5) is 5.69 Å². The van der Waals surface area contributed by atoms with Gasteiger partial charge in [0.25, 0.3) is 5.56 Å². The first kappa shape index (κ1) is 20.6. The van der Waals surface area contributed by atoms with E-state index in [4.69, 9.17) is 9.47 Å². The van der Waals surface area contributed by atoms with Crippen LogP contribution in [0.3, 0.4) is 0 Å². The van der Waals surface area contributed by atoms with Crippen molar-refractivity contribution in [2.45, 2.75) is 6.04 Å². The number of aromatic nitrogens is 7. The molecule has 5 aromatic rings. The molecule has 1 aromatic carbocycles. The molecule has 0 spiro atoms. The molecule has 1 atom stereocenters. The number of rotatable bonds is 7. The number of hydrogen-bond donors (Lipinski definition) is 3. The molecular weight excluding hydrogens is 424 g/mol. The summed E-state index contributed by atoms with van der Waals surface area (Å²) < 4.78 is 12.4. The lowest BCUT2D eigenvalue weighted by atomic mass is 10.1. The van der Waals surface area contributed by atoms with Crippen LogP contribution in [0.1, 0.15) is 11.9 Å². The first-order valence-electron chi connectivity index (χ1n) is 10.2. The largest absolute Gasteiger partial charge is 0.497 e. The van der Waals surface area contributed by atoms with E-state index in [1.54, 1.807) is 50.6 Å². The predicted octanol–water partition coefficient (Wildman–Crippen LogP) is 2.40. The van der Waals surface area contributed by atoms with E-state index >= 15 is 0 Å². The first-order valence-corrected chi connectivity index (χ1v) is 10.2. The van der Waals surface area contributed by atoms with E-state index in [1.165, 1.54) is 0 Å². The molecule has 0 aliphatic heterocycles. The predicted molar refractivity (Wildman–Crippen MR) is 123 cm³/mol. The lowest BCUT2D eigenvalue weighted by Crippen LogP contribution is -2.22. The Bertz CT molecular complexity index is 1490. The number of H-pyrrole nitrogens is 2. The van der Waals surface area contributed by atoms with Crippen molar-refractivity contribution in [2.24, 2.45) is 7.05 Å². The molecule has 0 amide bonds. The minimum Gasteiger partial charge on any atom is -0.497 e. The number of hydrogen-bond acceptors (Lipinski definition) is 8. The molecule has 11 nitrogen and oxygen atoms in total. The number of benzene rings is 1. The Hall–Kier alpha value is -4.25. The van der Waals surface area contributed by atoms with Crippen molar-refractivity contribution in [2.75, 3.05) is 26.1 Å². The standard InChI is InChI=1S/C22H22N8O3/c1-30-10-15-18(29-30)19(25-16(11-32-2)20-23-7-4-8-24-20)17(22(31)28-15)21-26-13-6-5-12(33-3)9-14(13)27-21/h4-10,16,25H,11H2,1-3H3,(H,26,27)(H,28,31). The summed E-state index contributed by atoms with van der Waals surface area (Å²) in [4.78, 5) is 32.8. The summed E-state index contributed by atoms with van der Waals surface area (Å²) in [7, 11) is 4.99. The van der Waals surface area contributed by atoms with Crippen LogP contribution in [-0.2, 0) is 11.8 Å². The third-order valence-corrected chi connectivity index (χ3v) is 5.27. The fourth-order valence-corrected chi connectivity index (χ4v) is 3.79. The van der Waals surface area contributed by atoms with Gasteiger partial charge in [-0.15, -0.1) is 0 Å². The summed E-state index contributed by atoms with van der Waals surface area (Å²) in [5.74, 6) is 1.62. The Labute approximate surface area is 187 Å². The van der Waals surface area contributed by atoms with Gasteiger partial charge in [-0.05, 0) is 18.2 Å². The van der Waals surface area contributed by atoms with Crippen molar-refractivity contribution in [3.05, 3.63) is 59.0 Å². The van der Waals surface area contributed by atoms with E-state index in [-0.39, 0.29) is 12.2 Å². The average molecular weight is 446 g/mol. The molecule has 4 aromatic heterocycles. The molecule has 0 radical (unpaired) electrons. The summed E-state index contributed by atoms with van der Waals surface area (Å²) >= 11 is 0. The van der Waals surface area contributed by atoms with Crippen molar-refractivity contribution >= 4 is 27.8 Å². The van der Waals surface area contributed by atoms with E-state index in [1.807, 2.05) is 18.2 Å². The molecule has 1 unspecified atom stereocenters. The van der Waals surface area contributed by atoms with Crippen molar-refractivity contribution in [3.63, 3.8) is 0 Å².